The van der Waals surface area contributed by atoms with Crippen molar-refractivity contribution in [2.24, 2.45) is 5.92 Å². The van der Waals surface area contributed by atoms with Crippen molar-refractivity contribution in [3.63, 3.8) is 0 Å². The molecule has 0 radical (unpaired) electrons. The number of amides is 1. The summed E-state index contributed by atoms with van der Waals surface area (Å²) in [5.74, 6) is 0.914. The van der Waals surface area contributed by atoms with Crippen molar-refractivity contribution in [3.05, 3.63) is 108 Å². The number of carbonyl (C=O) groups is 2. The van der Waals surface area contributed by atoms with Crippen molar-refractivity contribution in [3.8, 4) is 33.8 Å². The smallest absolute Gasteiger partial charge is 0.414 e. The molecule has 218 valence electrons. The van der Waals surface area contributed by atoms with Gasteiger partial charge in [0.1, 0.15) is 11.5 Å². The third-order valence-electron chi connectivity index (χ3n) is 7.58. The lowest BCUT2D eigenvalue weighted by Gasteiger charge is -2.29. The van der Waals surface area contributed by atoms with Crippen LogP contribution in [0.4, 0.5) is 4.79 Å². The van der Waals surface area contributed by atoms with E-state index in [4.69, 9.17) is 9.47 Å². The molecule has 0 aliphatic carbocycles. The van der Waals surface area contributed by atoms with E-state index in [0.29, 0.717) is 11.5 Å². The lowest BCUT2D eigenvalue weighted by atomic mass is 9.77. The van der Waals surface area contributed by atoms with Gasteiger partial charge in [-0.05, 0) is 51.4 Å². The Morgan fingerprint density at radius 1 is 0.667 bits per heavy atom. The summed E-state index contributed by atoms with van der Waals surface area (Å²) in [7, 11) is 3.35. The van der Waals surface area contributed by atoms with Crippen LogP contribution in [0.2, 0.25) is 0 Å². The lowest BCUT2D eigenvalue weighted by Crippen LogP contribution is -2.27. The van der Waals surface area contributed by atoms with Gasteiger partial charge in [0.05, 0.1) is 5.92 Å². The Bertz CT molecular complexity index is 1550. The van der Waals surface area contributed by atoms with Crippen LogP contribution in [0.25, 0.3) is 22.3 Å². The Hall–Kier alpha value is -4.38. The topological polar surface area (TPSA) is 55.8 Å². The zero-order valence-corrected chi connectivity index (χ0v) is 25.9. The molecule has 0 fully saturated rings. The molecule has 4 aromatic carbocycles. The van der Waals surface area contributed by atoms with Gasteiger partial charge in [0, 0.05) is 25.1 Å². The first-order chi connectivity index (χ1) is 19.9. The molecule has 0 bridgehead atoms. The van der Waals surface area contributed by atoms with Gasteiger partial charge in [0.2, 0.25) is 0 Å². The minimum atomic E-state index is -0.463. The van der Waals surface area contributed by atoms with Gasteiger partial charge >= 0.3 is 12.1 Å². The van der Waals surface area contributed by atoms with Gasteiger partial charge < -0.3 is 14.4 Å². The number of esters is 1. The van der Waals surface area contributed by atoms with E-state index < -0.39 is 11.5 Å². The van der Waals surface area contributed by atoms with Crippen LogP contribution in [0.5, 0.6) is 11.5 Å². The molecule has 0 aromatic heterocycles. The summed E-state index contributed by atoms with van der Waals surface area (Å²) in [5, 5.41) is 0. The third kappa shape index (κ3) is 6.73. The average Bonchev–Trinajstić information content (AvgIpc) is 2.97. The maximum atomic E-state index is 12.6. The Kier molecular flexibility index (Phi) is 9.20. The average molecular weight is 564 g/mol. The molecule has 42 heavy (non-hydrogen) atoms. The number of benzene rings is 4. The van der Waals surface area contributed by atoms with E-state index in [1.165, 1.54) is 4.90 Å². The second-order valence-corrected chi connectivity index (χ2v) is 12.0. The lowest BCUT2D eigenvalue weighted by molar-refractivity contribution is -0.137. The van der Waals surface area contributed by atoms with Gasteiger partial charge in [-0.25, -0.2) is 4.79 Å². The summed E-state index contributed by atoms with van der Waals surface area (Å²) in [6.07, 6.45) is -0.425. The second-order valence-electron chi connectivity index (χ2n) is 12.0. The predicted molar refractivity (Wildman–Crippen MR) is 170 cm³/mol. The molecule has 0 spiro atoms. The highest BCUT2D eigenvalue weighted by Crippen LogP contribution is 2.41. The minimum Gasteiger partial charge on any atom is -0.426 e. The minimum absolute atomic E-state index is 0.209. The van der Waals surface area contributed by atoms with Crippen molar-refractivity contribution in [1.29, 1.82) is 0 Å². The van der Waals surface area contributed by atoms with Gasteiger partial charge in [-0.15, -0.1) is 0 Å². The molecule has 0 saturated carbocycles. The molecule has 5 heteroatoms. The first-order valence-electron chi connectivity index (χ1n) is 14.4. The van der Waals surface area contributed by atoms with Gasteiger partial charge in [-0.3, -0.25) is 4.79 Å². The zero-order chi connectivity index (χ0) is 30.6. The quantitative estimate of drug-likeness (QED) is 0.158. The molecule has 5 nitrogen and oxygen atoms in total. The van der Waals surface area contributed by atoms with E-state index in [1.807, 2.05) is 62.4 Å². The number of hydrogen-bond acceptors (Lipinski definition) is 4. The standard InChI is InChI=1S/C37H41NO4/c1-24(2)31-20-16-28(22-33(31)41-35(39)25(3)4)27-14-18-30(19-15-27)37(5,6)32-21-17-29(26-12-10-9-11-13-26)23-34(32)42-36(40)38(7)8/h9-25H,1-8H3. The number of ether oxygens (including phenoxy) is 2. The molecule has 0 aliphatic heterocycles. The van der Waals surface area contributed by atoms with Crippen LogP contribution in [0.15, 0.2) is 91.0 Å². The molecule has 0 saturated heterocycles. The number of hydrogen-bond donors (Lipinski definition) is 0. The highest BCUT2D eigenvalue weighted by Gasteiger charge is 2.28. The number of carbonyl (C=O) groups excluding carboxylic acids is 2. The Balaban J connectivity index is 1.70. The van der Waals surface area contributed by atoms with E-state index in [0.717, 1.165) is 38.9 Å². The summed E-state index contributed by atoms with van der Waals surface area (Å²) >= 11 is 0. The van der Waals surface area contributed by atoms with E-state index in [-0.39, 0.29) is 17.8 Å². The fourth-order valence-electron chi connectivity index (χ4n) is 4.86. The summed E-state index contributed by atoms with van der Waals surface area (Å²) in [5.41, 5.74) is 6.55. The van der Waals surface area contributed by atoms with Crippen molar-refractivity contribution in [2.75, 3.05) is 14.1 Å². The highest BCUT2D eigenvalue weighted by molar-refractivity contribution is 5.77. The molecule has 0 unspecified atom stereocenters. The Morgan fingerprint density at radius 2 is 1.21 bits per heavy atom. The monoisotopic (exact) mass is 563 g/mol. The molecule has 1 amide bonds. The van der Waals surface area contributed by atoms with Crippen LogP contribution in [-0.2, 0) is 10.2 Å². The number of rotatable bonds is 8. The normalized spacial score (nSPS) is 11.5. The van der Waals surface area contributed by atoms with Crippen LogP contribution in [-0.4, -0.2) is 31.1 Å². The van der Waals surface area contributed by atoms with Crippen molar-refractivity contribution >= 4 is 12.1 Å². The van der Waals surface area contributed by atoms with Crippen LogP contribution in [0, 0.1) is 5.92 Å². The van der Waals surface area contributed by atoms with Crippen LogP contribution in [0.3, 0.4) is 0 Å². The Labute approximate surface area is 250 Å². The SMILES string of the molecule is CC(C)C(=O)Oc1cc(-c2ccc(C(C)(C)c3ccc(-c4ccccc4)cc3OC(=O)N(C)C)cc2)ccc1C(C)C. The first-order valence-corrected chi connectivity index (χ1v) is 14.4. The molecule has 0 atom stereocenters. The predicted octanol–water partition coefficient (Wildman–Crippen LogP) is 9.09. The van der Waals surface area contributed by atoms with E-state index in [2.05, 4.69) is 70.2 Å². The summed E-state index contributed by atoms with van der Waals surface area (Å²) in [6, 6.07) is 30.6. The third-order valence-corrected chi connectivity index (χ3v) is 7.58. The molecule has 4 rings (SSSR count). The maximum Gasteiger partial charge on any atom is 0.414 e. The van der Waals surface area contributed by atoms with Crippen molar-refractivity contribution in [2.45, 2.75) is 52.9 Å². The van der Waals surface area contributed by atoms with Crippen molar-refractivity contribution < 1.29 is 19.1 Å². The van der Waals surface area contributed by atoms with Gasteiger partial charge in [0.15, 0.2) is 0 Å². The van der Waals surface area contributed by atoms with E-state index >= 15 is 0 Å². The van der Waals surface area contributed by atoms with Crippen molar-refractivity contribution in [1.82, 2.24) is 4.90 Å². The summed E-state index contributed by atoms with van der Waals surface area (Å²) in [6.45, 7) is 12.1. The maximum absolute atomic E-state index is 12.6. The van der Waals surface area contributed by atoms with Gasteiger partial charge in [0.25, 0.3) is 0 Å². The fourth-order valence-corrected chi connectivity index (χ4v) is 4.86. The van der Waals surface area contributed by atoms with Gasteiger partial charge in [-0.1, -0.05) is 120 Å². The second kappa shape index (κ2) is 12.6. The van der Waals surface area contributed by atoms with Gasteiger partial charge in [-0.2, -0.15) is 0 Å². The fraction of sp³-hybridized carbons (Fsp3) is 0.297. The molecule has 4 aromatic rings. The van der Waals surface area contributed by atoms with E-state index in [1.54, 1.807) is 14.1 Å². The largest absolute Gasteiger partial charge is 0.426 e. The van der Waals surface area contributed by atoms with Crippen LogP contribution >= 0.6 is 0 Å². The Morgan fingerprint density at radius 3 is 1.79 bits per heavy atom. The molecular formula is C37H41NO4. The zero-order valence-electron chi connectivity index (χ0n) is 25.9. The highest BCUT2D eigenvalue weighted by atomic mass is 16.6. The molecule has 0 N–H and O–H groups in total. The molecule has 0 aliphatic rings. The van der Waals surface area contributed by atoms with Crippen LogP contribution in [0.1, 0.15) is 64.2 Å². The number of nitrogens with zero attached hydrogens (tertiary/aromatic N) is 1. The molecule has 0 heterocycles. The first kappa shape index (κ1) is 30.6. The summed E-state index contributed by atoms with van der Waals surface area (Å²) < 4.78 is 11.7. The van der Waals surface area contributed by atoms with E-state index in [9.17, 15) is 9.59 Å². The summed E-state index contributed by atoms with van der Waals surface area (Å²) in [4.78, 5) is 26.5. The molecular weight excluding hydrogens is 522 g/mol. The van der Waals surface area contributed by atoms with Crippen LogP contribution < -0.4 is 9.47 Å².